The molecular weight excluding hydrogens is 342 g/mol. The first-order valence-corrected chi connectivity index (χ1v) is 8.42. The molecule has 0 bridgehead atoms. The Morgan fingerprint density at radius 2 is 1.44 bits per heavy atom. The maximum absolute atomic E-state index is 12.7. The minimum atomic E-state index is -1.13. The number of aromatic hydroxyl groups is 1. The third-order valence-electron chi connectivity index (χ3n) is 4.37. The highest BCUT2D eigenvalue weighted by atomic mass is 16.4. The van der Waals surface area contributed by atoms with Gasteiger partial charge in [0.25, 0.3) is 0 Å². The summed E-state index contributed by atoms with van der Waals surface area (Å²) in [4.78, 5) is 26.0. The second-order valence-electron chi connectivity index (χ2n) is 6.21. The van der Waals surface area contributed by atoms with Crippen LogP contribution in [-0.2, 0) is 6.54 Å². The second-order valence-corrected chi connectivity index (χ2v) is 6.21. The van der Waals surface area contributed by atoms with Crippen molar-refractivity contribution < 1.29 is 19.8 Å². The van der Waals surface area contributed by atoms with E-state index in [1.165, 1.54) is 12.1 Å². The fraction of sp³-hybridized carbons (Fsp3) is 0.0909. The van der Waals surface area contributed by atoms with Crippen LogP contribution in [0.15, 0.2) is 72.8 Å². The quantitative estimate of drug-likeness (QED) is 0.650. The summed E-state index contributed by atoms with van der Waals surface area (Å²) in [6, 6.07) is 20.3. The summed E-state index contributed by atoms with van der Waals surface area (Å²) in [5.41, 5.74) is 2.25. The number of carboxylic acids is 1. The van der Waals surface area contributed by atoms with E-state index in [9.17, 15) is 19.8 Å². The van der Waals surface area contributed by atoms with Gasteiger partial charge in [-0.3, -0.25) is 4.79 Å². The van der Waals surface area contributed by atoms with Gasteiger partial charge >= 0.3 is 5.97 Å². The van der Waals surface area contributed by atoms with Crippen LogP contribution in [0.2, 0.25) is 0 Å². The Morgan fingerprint density at radius 1 is 0.852 bits per heavy atom. The zero-order chi connectivity index (χ0) is 19.4. The molecule has 0 aliphatic carbocycles. The van der Waals surface area contributed by atoms with Gasteiger partial charge in [0.05, 0.1) is 5.56 Å². The standard InChI is InChI=1S/C22H19NO4/c1-23(14-16-6-2-5-9-20(16)24)17-12-10-15(11-13-17)21(25)18-7-3-4-8-19(18)22(26)27/h2-13,24H,14H2,1H3,(H,26,27). The van der Waals surface area contributed by atoms with E-state index in [2.05, 4.69) is 0 Å². The Hall–Kier alpha value is -3.60. The van der Waals surface area contributed by atoms with Crippen molar-refractivity contribution >= 4 is 17.4 Å². The van der Waals surface area contributed by atoms with Gasteiger partial charge in [0.15, 0.2) is 5.78 Å². The smallest absolute Gasteiger partial charge is 0.336 e. The lowest BCUT2D eigenvalue weighted by Crippen LogP contribution is -2.16. The normalized spacial score (nSPS) is 10.4. The molecule has 5 nitrogen and oxygen atoms in total. The minimum absolute atomic E-state index is 0.0109. The first-order valence-electron chi connectivity index (χ1n) is 8.42. The molecule has 3 aromatic rings. The van der Waals surface area contributed by atoms with Crippen LogP contribution >= 0.6 is 0 Å². The highest BCUT2D eigenvalue weighted by molar-refractivity contribution is 6.14. The van der Waals surface area contributed by atoms with Crippen LogP contribution in [0.25, 0.3) is 0 Å². The summed E-state index contributed by atoms with van der Waals surface area (Å²) in [5.74, 6) is -1.22. The molecule has 2 N–H and O–H groups in total. The summed E-state index contributed by atoms with van der Waals surface area (Å²) < 4.78 is 0. The van der Waals surface area contributed by atoms with E-state index >= 15 is 0 Å². The van der Waals surface area contributed by atoms with Crippen molar-refractivity contribution in [3.8, 4) is 5.75 Å². The number of hydrogen-bond donors (Lipinski definition) is 2. The number of hydrogen-bond acceptors (Lipinski definition) is 4. The molecule has 3 rings (SSSR count). The van der Waals surface area contributed by atoms with Crippen LogP contribution in [0, 0.1) is 0 Å². The van der Waals surface area contributed by atoms with Crippen LogP contribution in [-0.4, -0.2) is 29.0 Å². The Labute approximate surface area is 157 Å². The number of anilines is 1. The van der Waals surface area contributed by atoms with E-state index < -0.39 is 5.97 Å². The summed E-state index contributed by atoms with van der Waals surface area (Å²) in [6.07, 6.45) is 0. The molecule has 136 valence electrons. The second kappa shape index (κ2) is 7.74. The van der Waals surface area contributed by atoms with Crippen molar-refractivity contribution in [1.29, 1.82) is 0 Å². The van der Waals surface area contributed by atoms with Gasteiger partial charge in [-0.05, 0) is 36.4 Å². The molecule has 0 aromatic heterocycles. The Bertz CT molecular complexity index is 980. The number of benzene rings is 3. The molecule has 0 fully saturated rings. The molecule has 0 aliphatic rings. The number of para-hydroxylation sites is 1. The molecule has 0 heterocycles. The Balaban J connectivity index is 1.80. The first-order chi connectivity index (χ1) is 13.0. The minimum Gasteiger partial charge on any atom is -0.508 e. The Morgan fingerprint density at radius 3 is 2.07 bits per heavy atom. The third-order valence-corrected chi connectivity index (χ3v) is 4.37. The predicted molar refractivity (Wildman–Crippen MR) is 103 cm³/mol. The van der Waals surface area contributed by atoms with Crippen LogP contribution in [0.1, 0.15) is 31.8 Å². The Kier molecular flexibility index (Phi) is 5.22. The number of nitrogens with zero attached hydrogens (tertiary/aromatic N) is 1. The molecule has 27 heavy (non-hydrogen) atoms. The lowest BCUT2D eigenvalue weighted by molar-refractivity contribution is 0.0693. The van der Waals surface area contributed by atoms with Gasteiger partial charge in [-0.1, -0.05) is 36.4 Å². The maximum Gasteiger partial charge on any atom is 0.336 e. The zero-order valence-electron chi connectivity index (χ0n) is 14.8. The summed E-state index contributed by atoms with van der Waals surface area (Å²) in [7, 11) is 1.89. The summed E-state index contributed by atoms with van der Waals surface area (Å²) in [5, 5.41) is 19.2. The van der Waals surface area contributed by atoms with Gasteiger partial charge in [0.1, 0.15) is 5.75 Å². The molecule has 0 saturated heterocycles. The van der Waals surface area contributed by atoms with Crippen LogP contribution in [0.3, 0.4) is 0 Å². The van der Waals surface area contributed by atoms with Gasteiger partial charge in [0, 0.05) is 36.0 Å². The van der Waals surface area contributed by atoms with E-state index in [1.807, 2.05) is 24.1 Å². The predicted octanol–water partition coefficient (Wildman–Crippen LogP) is 3.96. The number of aromatic carboxylic acids is 1. The van der Waals surface area contributed by atoms with E-state index in [1.54, 1.807) is 48.5 Å². The average molecular weight is 361 g/mol. The summed E-state index contributed by atoms with van der Waals surface area (Å²) in [6.45, 7) is 0.516. The largest absolute Gasteiger partial charge is 0.508 e. The number of phenols is 1. The number of ketones is 1. The third kappa shape index (κ3) is 3.98. The molecule has 0 aliphatic heterocycles. The van der Waals surface area contributed by atoms with Crippen LogP contribution < -0.4 is 4.90 Å². The number of rotatable bonds is 6. The van der Waals surface area contributed by atoms with Gasteiger partial charge in [-0.25, -0.2) is 4.79 Å². The molecule has 0 saturated carbocycles. The van der Waals surface area contributed by atoms with Crippen molar-refractivity contribution in [2.75, 3.05) is 11.9 Å². The van der Waals surface area contributed by atoms with Gasteiger partial charge in [0.2, 0.25) is 0 Å². The topological polar surface area (TPSA) is 77.8 Å². The molecular formula is C22H19NO4. The molecule has 0 amide bonds. The number of phenolic OH excluding ortho intramolecular Hbond substituents is 1. The highest BCUT2D eigenvalue weighted by Gasteiger charge is 2.17. The van der Waals surface area contributed by atoms with Crippen LogP contribution in [0.4, 0.5) is 5.69 Å². The lowest BCUT2D eigenvalue weighted by atomic mass is 9.98. The molecule has 0 spiro atoms. The lowest BCUT2D eigenvalue weighted by Gasteiger charge is -2.20. The molecule has 5 heteroatoms. The van der Waals surface area contributed by atoms with E-state index in [-0.39, 0.29) is 22.7 Å². The molecule has 0 radical (unpaired) electrons. The van der Waals surface area contributed by atoms with E-state index in [4.69, 9.17) is 0 Å². The zero-order valence-corrected chi connectivity index (χ0v) is 14.8. The molecule has 3 aromatic carbocycles. The molecule has 0 atom stereocenters. The highest BCUT2D eigenvalue weighted by Crippen LogP contribution is 2.22. The van der Waals surface area contributed by atoms with Crippen LogP contribution in [0.5, 0.6) is 5.75 Å². The van der Waals surface area contributed by atoms with Crippen molar-refractivity contribution in [3.05, 3.63) is 95.1 Å². The first kappa shape index (κ1) is 18.2. The van der Waals surface area contributed by atoms with Crippen molar-refractivity contribution in [1.82, 2.24) is 0 Å². The fourth-order valence-corrected chi connectivity index (χ4v) is 2.88. The molecule has 0 unspecified atom stereocenters. The van der Waals surface area contributed by atoms with Crippen molar-refractivity contribution in [3.63, 3.8) is 0 Å². The van der Waals surface area contributed by atoms with Gasteiger partial charge in [-0.15, -0.1) is 0 Å². The maximum atomic E-state index is 12.7. The van der Waals surface area contributed by atoms with E-state index in [0.29, 0.717) is 12.1 Å². The van der Waals surface area contributed by atoms with Gasteiger partial charge < -0.3 is 15.1 Å². The van der Waals surface area contributed by atoms with E-state index in [0.717, 1.165) is 11.3 Å². The van der Waals surface area contributed by atoms with Gasteiger partial charge in [-0.2, -0.15) is 0 Å². The monoisotopic (exact) mass is 361 g/mol. The van der Waals surface area contributed by atoms with Crippen molar-refractivity contribution in [2.24, 2.45) is 0 Å². The van der Waals surface area contributed by atoms with Crippen molar-refractivity contribution in [2.45, 2.75) is 6.54 Å². The summed E-state index contributed by atoms with van der Waals surface area (Å²) >= 11 is 0. The average Bonchev–Trinajstić information content (AvgIpc) is 2.69. The SMILES string of the molecule is CN(Cc1ccccc1O)c1ccc(C(=O)c2ccccc2C(=O)O)cc1. The fourth-order valence-electron chi connectivity index (χ4n) is 2.88. The number of carbonyl (C=O) groups excluding carboxylic acids is 1. The number of carboxylic acid groups (broad SMARTS) is 1. The number of carbonyl (C=O) groups is 2.